The Bertz CT molecular complexity index is 712. The fourth-order valence-corrected chi connectivity index (χ4v) is 3.11. The molecule has 0 saturated carbocycles. The molecule has 0 spiro atoms. The molecule has 6 nitrogen and oxygen atoms in total. The van der Waals surface area contributed by atoms with E-state index in [0.29, 0.717) is 16.3 Å². The van der Waals surface area contributed by atoms with Crippen molar-refractivity contribution in [3.8, 4) is 0 Å². The van der Waals surface area contributed by atoms with Gasteiger partial charge in [0.05, 0.1) is 6.61 Å². The molecule has 0 radical (unpaired) electrons. The molecule has 2 rings (SSSR count). The SMILES string of the molecule is Cc1[nH]nc(S(=O)(=O)NCc2ccccc2Cl)c1CO. The van der Waals surface area contributed by atoms with E-state index in [-0.39, 0.29) is 17.1 Å². The molecular weight excluding hydrogens is 302 g/mol. The second-order valence-corrected chi connectivity index (χ2v) is 6.30. The number of nitrogens with zero attached hydrogens (tertiary/aromatic N) is 1. The minimum atomic E-state index is -3.81. The standard InChI is InChI=1S/C12H14ClN3O3S/c1-8-10(7-17)12(16-15-8)20(18,19)14-6-9-4-2-3-5-11(9)13/h2-5,14,17H,6-7H2,1H3,(H,15,16). The summed E-state index contributed by atoms with van der Waals surface area (Å²) in [4.78, 5) is 0. The lowest BCUT2D eigenvalue weighted by Gasteiger charge is -2.07. The normalized spacial score (nSPS) is 11.8. The summed E-state index contributed by atoms with van der Waals surface area (Å²) in [6, 6.07) is 6.95. The van der Waals surface area contributed by atoms with Crippen molar-refractivity contribution < 1.29 is 13.5 Å². The minimum Gasteiger partial charge on any atom is -0.392 e. The predicted octanol–water partition coefficient (Wildman–Crippen LogP) is 1.34. The molecule has 0 aliphatic carbocycles. The van der Waals surface area contributed by atoms with Gasteiger partial charge in [0.15, 0.2) is 5.03 Å². The lowest BCUT2D eigenvalue weighted by Crippen LogP contribution is -2.24. The van der Waals surface area contributed by atoms with Crippen LogP contribution in [0.1, 0.15) is 16.8 Å². The smallest absolute Gasteiger partial charge is 0.260 e. The molecule has 1 aromatic carbocycles. The van der Waals surface area contributed by atoms with Gasteiger partial charge in [-0.15, -0.1) is 0 Å². The van der Waals surface area contributed by atoms with E-state index in [1.807, 2.05) is 0 Å². The van der Waals surface area contributed by atoms with Gasteiger partial charge < -0.3 is 5.11 Å². The first-order chi connectivity index (χ1) is 9.45. The van der Waals surface area contributed by atoms with Crippen molar-refractivity contribution in [2.24, 2.45) is 0 Å². The summed E-state index contributed by atoms with van der Waals surface area (Å²) < 4.78 is 26.7. The number of benzene rings is 1. The van der Waals surface area contributed by atoms with Crippen LogP contribution in [-0.2, 0) is 23.2 Å². The summed E-state index contributed by atoms with van der Waals surface area (Å²) in [5.74, 6) is 0. The van der Waals surface area contributed by atoms with Gasteiger partial charge in [0.25, 0.3) is 10.0 Å². The highest BCUT2D eigenvalue weighted by molar-refractivity contribution is 7.89. The van der Waals surface area contributed by atoms with E-state index < -0.39 is 16.6 Å². The number of aliphatic hydroxyl groups is 1. The van der Waals surface area contributed by atoms with Crippen molar-refractivity contribution >= 4 is 21.6 Å². The molecule has 3 N–H and O–H groups in total. The largest absolute Gasteiger partial charge is 0.392 e. The molecule has 20 heavy (non-hydrogen) atoms. The summed E-state index contributed by atoms with van der Waals surface area (Å²) in [5.41, 5.74) is 1.44. The first kappa shape index (κ1) is 15.0. The van der Waals surface area contributed by atoms with Crippen LogP contribution in [0.5, 0.6) is 0 Å². The summed E-state index contributed by atoms with van der Waals surface area (Å²) >= 11 is 5.97. The summed E-state index contributed by atoms with van der Waals surface area (Å²) in [6.45, 7) is 1.30. The predicted molar refractivity (Wildman–Crippen MR) is 74.7 cm³/mol. The molecule has 8 heteroatoms. The summed E-state index contributed by atoms with van der Waals surface area (Å²) in [6.07, 6.45) is 0. The zero-order chi connectivity index (χ0) is 14.8. The lowest BCUT2D eigenvalue weighted by molar-refractivity contribution is 0.277. The maximum absolute atomic E-state index is 12.2. The highest BCUT2D eigenvalue weighted by Gasteiger charge is 2.23. The molecule has 108 valence electrons. The minimum absolute atomic E-state index is 0.0543. The molecule has 0 saturated heterocycles. The fraction of sp³-hybridized carbons (Fsp3) is 0.250. The van der Waals surface area contributed by atoms with Crippen LogP contribution >= 0.6 is 11.6 Å². The van der Waals surface area contributed by atoms with Crippen LogP contribution in [-0.4, -0.2) is 23.7 Å². The first-order valence-electron chi connectivity index (χ1n) is 5.83. The second kappa shape index (κ2) is 5.92. The van der Waals surface area contributed by atoms with Crippen molar-refractivity contribution in [3.05, 3.63) is 46.1 Å². The van der Waals surface area contributed by atoms with Crippen LogP contribution in [0.3, 0.4) is 0 Å². The third-order valence-electron chi connectivity index (χ3n) is 2.86. The Morgan fingerprint density at radius 3 is 2.75 bits per heavy atom. The third kappa shape index (κ3) is 3.01. The Kier molecular flexibility index (Phi) is 4.44. The second-order valence-electron chi connectivity index (χ2n) is 4.21. The molecule has 2 aromatic rings. The lowest BCUT2D eigenvalue weighted by atomic mass is 10.2. The van der Waals surface area contributed by atoms with Gasteiger partial charge in [-0.3, -0.25) is 5.10 Å². The monoisotopic (exact) mass is 315 g/mol. The summed E-state index contributed by atoms with van der Waals surface area (Å²) in [5, 5.41) is 15.8. The molecule has 0 aliphatic rings. The fourth-order valence-electron chi connectivity index (χ4n) is 1.72. The number of rotatable bonds is 5. The average Bonchev–Trinajstić information content (AvgIpc) is 2.79. The number of hydrogen-bond donors (Lipinski definition) is 3. The van der Waals surface area contributed by atoms with Crippen LogP contribution in [0.15, 0.2) is 29.3 Å². The van der Waals surface area contributed by atoms with E-state index in [1.165, 1.54) is 0 Å². The van der Waals surface area contributed by atoms with Gasteiger partial charge >= 0.3 is 0 Å². The number of aromatic amines is 1. The topological polar surface area (TPSA) is 95.1 Å². The van der Waals surface area contributed by atoms with Gasteiger partial charge in [-0.05, 0) is 18.6 Å². The maximum Gasteiger partial charge on any atom is 0.260 e. The number of hydrogen-bond acceptors (Lipinski definition) is 4. The summed E-state index contributed by atoms with van der Waals surface area (Å²) in [7, 11) is -3.81. The first-order valence-corrected chi connectivity index (χ1v) is 7.69. The van der Waals surface area contributed by atoms with Gasteiger partial charge in [0.1, 0.15) is 0 Å². The van der Waals surface area contributed by atoms with Gasteiger partial charge in [-0.25, -0.2) is 13.1 Å². The van der Waals surface area contributed by atoms with Crippen LogP contribution < -0.4 is 4.72 Å². The average molecular weight is 316 g/mol. The quantitative estimate of drug-likeness (QED) is 0.776. The molecule has 0 amide bonds. The highest BCUT2D eigenvalue weighted by Crippen LogP contribution is 2.18. The highest BCUT2D eigenvalue weighted by atomic mass is 35.5. The molecule has 1 aromatic heterocycles. The van der Waals surface area contributed by atoms with Gasteiger partial charge in [-0.1, -0.05) is 29.8 Å². The van der Waals surface area contributed by atoms with Crippen molar-refractivity contribution in [1.29, 1.82) is 0 Å². The molecule has 0 fully saturated rings. The van der Waals surface area contributed by atoms with E-state index in [4.69, 9.17) is 11.6 Å². The van der Waals surface area contributed by atoms with E-state index in [1.54, 1.807) is 31.2 Å². The number of sulfonamides is 1. The third-order valence-corrected chi connectivity index (χ3v) is 4.60. The Balaban J connectivity index is 2.22. The zero-order valence-electron chi connectivity index (χ0n) is 10.7. The van der Waals surface area contributed by atoms with Crippen molar-refractivity contribution in [2.75, 3.05) is 0 Å². The van der Waals surface area contributed by atoms with E-state index in [9.17, 15) is 13.5 Å². The molecular formula is C12H14ClN3O3S. The Morgan fingerprint density at radius 1 is 1.40 bits per heavy atom. The van der Waals surface area contributed by atoms with Crippen LogP contribution in [0, 0.1) is 6.92 Å². The van der Waals surface area contributed by atoms with Crippen molar-refractivity contribution in [2.45, 2.75) is 25.1 Å². The van der Waals surface area contributed by atoms with Gasteiger partial charge in [0.2, 0.25) is 0 Å². The maximum atomic E-state index is 12.2. The van der Waals surface area contributed by atoms with E-state index >= 15 is 0 Å². The number of aliphatic hydroxyl groups excluding tert-OH is 1. The Labute approximate surface area is 121 Å². The zero-order valence-corrected chi connectivity index (χ0v) is 12.3. The molecule has 0 atom stereocenters. The van der Waals surface area contributed by atoms with Crippen LogP contribution in [0.25, 0.3) is 0 Å². The van der Waals surface area contributed by atoms with Crippen LogP contribution in [0.4, 0.5) is 0 Å². The van der Waals surface area contributed by atoms with Gasteiger partial charge in [-0.2, -0.15) is 5.10 Å². The van der Waals surface area contributed by atoms with Crippen molar-refractivity contribution in [3.63, 3.8) is 0 Å². The molecule has 0 unspecified atom stereocenters. The number of aryl methyl sites for hydroxylation is 1. The molecule has 1 heterocycles. The number of halogens is 1. The van der Waals surface area contributed by atoms with E-state index in [0.717, 1.165) is 0 Å². The van der Waals surface area contributed by atoms with Crippen molar-refractivity contribution in [1.82, 2.24) is 14.9 Å². The van der Waals surface area contributed by atoms with Crippen LogP contribution in [0.2, 0.25) is 5.02 Å². The molecule has 0 bridgehead atoms. The van der Waals surface area contributed by atoms with E-state index in [2.05, 4.69) is 14.9 Å². The number of nitrogens with one attached hydrogen (secondary N) is 2. The van der Waals surface area contributed by atoms with Gasteiger partial charge in [0, 0.05) is 22.8 Å². The number of aromatic nitrogens is 2. The Hall–Kier alpha value is -1.41. The number of H-pyrrole nitrogens is 1. The molecule has 0 aliphatic heterocycles. The Morgan fingerprint density at radius 2 is 2.10 bits per heavy atom.